The number of ether oxygens (including phenoxy) is 2. The van der Waals surface area contributed by atoms with Crippen LogP contribution in [0.5, 0.6) is 11.5 Å². The van der Waals surface area contributed by atoms with Crippen LogP contribution in [0.2, 0.25) is 0 Å². The number of carbonyl (C=O) groups excluding carboxylic acids is 1. The number of rotatable bonds is 2. The Balaban J connectivity index is 1.36. The molecule has 0 aliphatic carbocycles. The second-order valence-electron chi connectivity index (χ2n) is 7.28. The molecular weight excluding hydrogens is 358 g/mol. The molecule has 4 heterocycles. The summed E-state index contributed by atoms with van der Waals surface area (Å²) in [4.78, 5) is 23.6. The molecule has 1 saturated heterocycles. The molecule has 144 valence electrons. The van der Waals surface area contributed by atoms with E-state index in [9.17, 15) is 4.79 Å². The number of hydrogen-bond donors (Lipinski definition) is 0. The van der Waals surface area contributed by atoms with Gasteiger partial charge in [0.25, 0.3) is 11.7 Å². The van der Waals surface area contributed by atoms with Crippen molar-refractivity contribution in [1.29, 1.82) is 0 Å². The first-order valence-corrected chi connectivity index (χ1v) is 9.53. The van der Waals surface area contributed by atoms with E-state index < -0.39 is 6.10 Å². The number of fused-ring (bicyclic) bond motifs is 2. The van der Waals surface area contributed by atoms with Crippen molar-refractivity contribution in [1.82, 2.24) is 24.5 Å². The highest BCUT2D eigenvalue weighted by Gasteiger charge is 2.34. The Morgan fingerprint density at radius 2 is 2.11 bits per heavy atom. The van der Waals surface area contributed by atoms with E-state index in [0.717, 1.165) is 30.8 Å². The van der Waals surface area contributed by atoms with E-state index in [0.29, 0.717) is 23.8 Å². The van der Waals surface area contributed by atoms with Gasteiger partial charge < -0.3 is 14.4 Å². The molecule has 0 spiro atoms. The third kappa shape index (κ3) is 2.94. The molecule has 2 atom stereocenters. The normalized spacial score (nSPS) is 21.7. The Bertz CT molecular complexity index is 1030. The topological polar surface area (TPSA) is 81.9 Å². The molecule has 0 radical (unpaired) electrons. The van der Waals surface area contributed by atoms with Gasteiger partial charge in [0.05, 0.1) is 5.69 Å². The van der Waals surface area contributed by atoms with Gasteiger partial charge in [0, 0.05) is 24.7 Å². The maximum atomic E-state index is 13.1. The Hall–Kier alpha value is -3.16. The Labute approximate surface area is 162 Å². The molecular formula is C20H21N5O3. The molecule has 0 bridgehead atoms. The van der Waals surface area contributed by atoms with Crippen molar-refractivity contribution in [3.63, 3.8) is 0 Å². The monoisotopic (exact) mass is 379 g/mol. The number of likely N-dealkylation sites (tertiary alicyclic amines) is 1. The number of carbonyl (C=O) groups is 1. The highest BCUT2D eigenvalue weighted by molar-refractivity contribution is 5.82. The molecule has 0 saturated carbocycles. The van der Waals surface area contributed by atoms with Crippen molar-refractivity contribution < 1.29 is 14.3 Å². The summed E-state index contributed by atoms with van der Waals surface area (Å²) in [5.74, 6) is 2.05. The zero-order chi connectivity index (χ0) is 19.1. The predicted octanol–water partition coefficient (Wildman–Crippen LogP) is 1.98. The molecule has 2 aromatic heterocycles. The molecule has 8 nitrogen and oxygen atoms in total. The summed E-state index contributed by atoms with van der Waals surface area (Å²) in [5, 5.41) is 4.31. The lowest BCUT2D eigenvalue weighted by atomic mass is 9.93. The minimum Gasteiger partial charge on any atom is -0.485 e. The molecule has 2 aliphatic heterocycles. The van der Waals surface area contributed by atoms with Crippen molar-refractivity contribution in [3.8, 4) is 11.5 Å². The molecule has 1 amide bonds. The Morgan fingerprint density at radius 1 is 1.25 bits per heavy atom. The SMILES string of the molecule is Cc1cc(C2CCCN(C(=O)[C@@H]3COc4ccccc4O3)C2)n2ncnc2n1. The average Bonchev–Trinajstić information content (AvgIpc) is 3.20. The van der Waals surface area contributed by atoms with E-state index in [1.165, 1.54) is 6.33 Å². The molecule has 2 aliphatic rings. The highest BCUT2D eigenvalue weighted by Crippen LogP contribution is 2.32. The molecule has 1 fully saturated rings. The number of para-hydroxylation sites is 2. The molecule has 5 rings (SSSR count). The lowest BCUT2D eigenvalue weighted by Gasteiger charge is -2.36. The largest absolute Gasteiger partial charge is 0.485 e. The van der Waals surface area contributed by atoms with E-state index in [-0.39, 0.29) is 18.4 Å². The van der Waals surface area contributed by atoms with Crippen molar-refractivity contribution in [3.05, 3.63) is 48.0 Å². The second kappa shape index (κ2) is 6.78. The van der Waals surface area contributed by atoms with E-state index in [4.69, 9.17) is 9.47 Å². The van der Waals surface area contributed by atoms with Crippen molar-refractivity contribution in [2.75, 3.05) is 19.7 Å². The summed E-state index contributed by atoms with van der Waals surface area (Å²) in [6, 6.07) is 9.48. The van der Waals surface area contributed by atoms with Gasteiger partial charge in [-0.25, -0.2) is 9.50 Å². The van der Waals surface area contributed by atoms with Gasteiger partial charge in [0.1, 0.15) is 12.9 Å². The molecule has 0 N–H and O–H groups in total. The minimum atomic E-state index is -0.612. The maximum absolute atomic E-state index is 13.1. The molecule has 1 unspecified atom stereocenters. The third-order valence-corrected chi connectivity index (χ3v) is 5.34. The van der Waals surface area contributed by atoms with Crippen LogP contribution in [0.25, 0.3) is 5.78 Å². The summed E-state index contributed by atoms with van der Waals surface area (Å²) in [6.45, 7) is 3.54. The maximum Gasteiger partial charge on any atom is 0.267 e. The van der Waals surface area contributed by atoms with Crippen molar-refractivity contribution in [2.24, 2.45) is 0 Å². The summed E-state index contributed by atoms with van der Waals surface area (Å²) in [7, 11) is 0. The predicted molar refractivity (Wildman–Crippen MR) is 100 cm³/mol. The zero-order valence-electron chi connectivity index (χ0n) is 15.6. The first-order valence-electron chi connectivity index (χ1n) is 9.53. The lowest BCUT2D eigenvalue weighted by molar-refractivity contribution is -0.142. The number of hydrogen-bond acceptors (Lipinski definition) is 6. The van der Waals surface area contributed by atoms with E-state index in [1.54, 1.807) is 4.52 Å². The van der Waals surface area contributed by atoms with Gasteiger partial charge >= 0.3 is 0 Å². The summed E-state index contributed by atoms with van der Waals surface area (Å²) in [6.07, 6.45) is 2.83. The van der Waals surface area contributed by atoms with Gasteiger partial charge in [-0.3, -0.25) is 4.79 Å². The third-order valence-electron chi connectivity index (χ3n) is 5.34. The van der Waals surface area contributed by atoms with Crippen LogP contribution in [0.4, 0.5) is 0 Å². The molecule has 3 aromatic rings. The minimum absolute atomic E-state index is 0.0279. The van der Waals surface area contributed by atoms with Crippen LogP contribution in [0.3, 0.4) is 0 Å². The van der Waals surface area contributed by atoms with Crippen LogP contribution in [-0.4, -0.2) is 56.2 Å². The quantitative estimate of drug-likeness (QED) is 0.677. The number of aryl methyl sites for hydroxylation is 1. The first kappa shape index (κ1) is 17.0. The van der Waals surface area contributed by atoms with Gasteiger partial charge in [0.2, 0.25) is 6.10 Å². The smallest absolute Gasteiger partial charge is 0.267 e. The number of benzene rings is 1. The molecule has 28 heavy (non-hydrogen) atoms. The first-order chi connectivity index (χ1) is 13.7. The van der Waals surface area contributed by atoms with Crippen molar-refractivity contribution in [2.45, 2.75) is 31.8 Å². The highest BCUT2D eigenvalue weighted by atomic mass is 16.6. The summed E-state index contributed by atoms with van der Waals surface area (Å²) in [5.41, 5.74) is 1.95. The number of nitrogens with zero attached hydrogens (tertiary/aromatic N) is 5. The van der Waals surface area contributed by atoms with Gasteiger partial charge in [-0.15, -0.1) is 0 Å². The van der Waals surface area contributed by atoms with Crippen LogP contribution in [0.15, 0.2) is 36.7 Å². The summed E-state index contributed by atoms with van der Waals surface area (Å²) >= 11 is 0. The van der Waals surface area contributed by atoms with Gasteiger partial charge in [-0.1, -0.05) is 12.1 Å². The molecule has 8 heteroatoms. The average molecular weight is 379 g/mol. The van der Waals surface area contributed by atoms with Crippen LogP contribution < -0.4 is 9.47 Å². The van der Waals surface area contributed by atoms with Crippen LogP contribution in [0, 0.1) is 6.92 Å². The number of aromatic nitrogens is 4. The van der Waals surface area contributed by atoms with Crippen LogP contribution in [-0.2, 0) is 4.79 Å². The van der Waals surface area contributed by atoms with E-state index in [1.807, 2.05) is 42.2 Å². The standard InChI is InChI=1S/C20H21N5O3/c1-13-9-15(25-20(23-13)21-12-22-25)14-5-4-8-24(10-14)19(26)18-11-27-16-6-2-3-7-17(16)28-18/h2-3,6-7,9,12,14,18H,4-5,8,10-11H2,1H3/t14?,18-/m0/s1. The van der Waals surface area contributed by atoms with Crippen LogP contribution in [0.1, 0.15) is 30.1 Å². The van der Waals surface area contributed by atoms with Gasteiger partial charge in [-0.2, -0.15) is 10.1 Å². The van der Waals surface area contributed by atoms with Gasteiger partial charge in [-0.05, 0) is 38.0 Å². The Kier molecular flexibility index (Phi) is 4.11. The van der Waals surface area contributed by atoms with E-state index in [2.05, 4.69) is 15.1 Å². The number of piperidine rings is 1. The van der Waals surface area contributed by atoms with Gasteiger partial charge in [0.15, 0.2) is 11.5 Å². The Morgan fingerprint density at radius 3 is 3.00 bits per heavy atom. The van der Waals surface area contributed by atoms with Crippen molar-refractivity contribution >= 4 is 11.7 Å². The van der Waals surface area contributed by atoms with E-state index >= 15 is 0 Å². The molecule has 1 aromatic carbocycles. The number of amides is 1. The zero-order valence-corrected chi connectivity index (χ0v) is 15.6. The second-order valence-corrected chi connectivity index (χ2v) is 7.28. The summed E-state index contributed by atoms with van der Waals surface area (Å²) < 4.78 is 13.4. The van der Waals surface area contributed by atoms with Crippen LogP contribution >= 0.6 is 0 Å². The fourth-order valence-corrected chi connectivity index (χ4v) is 4.01. The lowest BCUT2D eigenvalue weighted by Crippen LogP contribution is -2.49. The fourth-order valence-electron chi connectivity index (χ4n) is 4.01. The fraction of sp³-hybridized carbons (Fsp3) is 0.400.